The summed E-state index contributed by atoms with van der Waals surface area (Å²) >= 11 is 0. The van der Waals surface area contributed by atoms with Gasteiger partial charge in [0, 0.05) is 124 Å². The average molecular weight is 493 g/mol. The van der Waals surface area contributed by atoms with E-state index >= 15 is 0 Å². The Morgan fingerprint density at radius 3 is 0.333 bits per heavy atom. The third-order valence-corrected chi connectivity index (χ3v) is 0. The first kappa shape index (κ1) is 50.9. The van der Waals surface area contributed by atoms with Crippen LogP contribution in [0.2, 0.25) is 0 Å². The van der Waals surface area contributed by atoms with Crippen molar-refractivity contribution >= 4 is 0 Å². The minimum atomic E-state index is 0. The molecule has 0 amide bonds. The van der Waals surface area contributed by atoms with Gasteiger partial charge in [-0.25, -0.2) is 0 Å². The van der Waals surface area contributed by atoms with E-state index in [-0.39, 0.29) is 124 Å². The Bertz CT molecular complexity index is 3.90. The third-order valence-electron chi connectivity index (χ3n) is 0. The molecule has 0 aromatic heterocycles. The van der Waals surface area contributed by atoms with Crippen molar-refractivity contribution in [3.63, 3.8) is 0 Å². The van der Waals surface area contributed by atoms with Crippen molar-refractivity contribution in [1.29, 1.82) is 0 Å². The molecule has 0 saturated carbocycles. The van der Waals surface area contributed by atoms with Crippen LogP contribution in [0.1, 0.15) is 0 Å². The summed E-state index contributed by atoms with van der Waals surface area (Å²) in [7, 11) is 0. The summed E-state index contributed by atoms with van der Waals surface area (Å²) < 4.78 is 0. The Hall–Kier alpha value is 3.97. The molecule has 0 aliphatic heterocycles. The quantitative estimate of drug-likeness (QED) is 0.446. The number of hydrogen-bond acceptors (Lipinski definition) is 0. The third kappa shape index (κ3) is 24.6. The van der Waals surface area contributed by atoms with Crippen LogP contribution in [-0.4, -0.2) is 0 Å². The fraction of sp³-hybridized carbons (Fsp3) is 0. The summed E-state index contributed by atoms with van der Waals surface area (Å²) in [5.74, 6) is 0. The molecule has 0 aromatic rings. The van der Waals surface area contributed by atoms with Gasteiger partial charge in [-0.3, -0.25) is 0 Å². The van der Waals surface area contributed by atoms with Crippen LogP contribution in [0.5, 0.6) is 0 Å². The van der Waals surface area contributed by atoms with Gasteiger partial charge < -0.3 is 0 Å². The van der Waals surface area contributed by atoms with Crippen molar-refractivity contribution in [1.82, 2.24) is 0 Å². The van der Waals surface area contributed by atoms with Gasteiger partial charge in [-0.15, -0.1) is 0 Å². The topological polar surface area (TPSA) is 0 Å². The minimum Gasteiger partial charge on any atom is 0 e. The maximum absolute atomic E-state index is 0. The predicted octanol–water partition coefficient (Wildman–Crippen LogP) is -0.0125. The van der Waals surface area contributed by atoms with E-state index in [0.29, 0.717) is 0 Å². The Kier molecular flexibility index (Phi) is 306. The first-order valence-electron chi connectivity index (χ1n) is 0. The molecule has 0 saturated heterocycles. The fourth-order valence-electron chi connectivity index (χ4n) is 0. The predicted molar refractivity (Wildman–Crippen MR) is 0 cm³/mol. The second kappa shape index (κ2) is 36.1. The second-order valence-corrected chi connectivity index (χ2v) is 0. The van der Waals surface area contributed by atoms with Gasteiger partial charge in [-0.2, -0.15) is 0 Å². The van der Waals surface area contributed by atoms with Crippen LogP contribution in [-0.2, 0) is 92.8 Å². The molecule has 0 spiro atoms. The van der Waals surface area contributed by atoms with Crippen molar-refractivity contribution in [2.75, 3.05) is 0 Å². The summed E-state index contributed by atoms with van der Waals surface area (Å²) in [5, 5.41) is 0. The zero-order valence-corrected chi connectivity index (χ0v) is 13.9. The van der Waals surface area contributed by atoms with Crippen LogP contribution in [0.15, 0.2) is 0 Å². The second-order valence-electron chi connectivity index (χ2n) is 0. The number of hydrogen-bond donors (Lipinski definition) is 0. The number of rotatable bonds is 0. The van der Waals surface area contributed by atoms with Crippen LogP contribution in [0.25, 0.3) is 0 Å². The van der Waals surface area contributed by atoms with E-state index in [9.17, 15) is 0 Å². The zero-order chi connectivity index (χ0) is 0. The van der Waals surface area contributed by atoms with Crippen LogP contribution in [0, 0.1) is 31.1 Å². The minimum absolute atomic E-state index is 0. The Balaban J connectivity index is 0. The van der Waals surface area contributed by atoms with Crippen molar-refractivity contribution < 1.29 is 124 Å². The Labute approximate surface area is 121 Å². The van der Waals surface area contributed by atoms with Crippen molar-refractivity contribution in [2.45, 2.75) is 0 Å². The van der Waals surface area contributed by atoms with Crippen molar-refractivity contribution in [3.8, 4) is 0 Å². The van der Waals surface area contributed by atoms with E-state index in [1.165, 1.54) is 0 Å². The van der Waals surface area contributed by atoms with Gasteiger partial charge in [0.05, 0.1) is 0 Å². The van der Waals surface area contributed by atoms with E-state index in [1.54, 1.807) is 0 Å². The fourth-order valence-corrected chi connectivity index (χ4v) is 0. The maximum atomic E-state index is 0. The first-order chi connectivity index (χ1) is 0. The largest absolute Gasteiger partial charge is 0 e. The molecule has 29 valence electrons. The van der Waals surface area contributed by atoms with Gasteiger partial charge in [-0.1, -0.05) is 0 Å². The molecular weight excluding hydrogens is 493 g/mol. The summed E-state index contributed by atoms with van der Waals surface area (Å²) in [6.45, 7) is 0. The normalized spacial score (nSPS) is 0. The van der Waals surface area contributed by atoms with Gasteiger partial charge >= 0.3 is 0 Å². The van der Waals surface area contributed by atoms with Gasteiger partial charge in [-0.05, 0) is 0 Å². The van der Waals surface area contributed by atoms with Crippen LogP contribution in [0.3, 0.4) is 0 Å². The molecular formula is UV5. The van der Waals surface area contributed by atoms with E-state index in [0.717, 1.165) is 0 Å². The molecule has 0 N–H and O–H groups in total. The molecule has 0 heterocycles. The zero-order valence-electron chi connectivity index (χ0n) is 2.74. The molecule has 0 aliphatic carbocycles. The van der Waals surface area contributed by atoms with Gasteiger partial charge in [0.1, 0.15) is 0 Å². The van der Waals surface area contributed by atoms with Crippen LogP contribution >= 0.6 is 0 Å². The van der Waals surface area contributed by atoms with Crippen molar-refractivity contribution in [3.05, 3.63) is 0 Å². The molecule has 5 radical (unpaired) electrons. The van der Waals surface area contributed by atoms with Crippen LogP contribution in [0.4, 0.5) is 0 Å². The SMILES string of the molecule is [U].[V].[V].[V].[V].[V]. The molecule has 0 nitrogen and oxygen atoms in total. The molecule has 0 aliphatic rings. The first-order valence-corrected chi connectivity index (χ1v) is 0. The molecule has 0 fully saturated rings. The standard InChI is InChI=1S/U.5V. The maximum Gasteiger partial charge on any atom is 0 e. The Morgan fingerprint density at radius 2 is 0.333 bits per heavy atom. The molecule has 0 aromatic carbocycles. The molecule has 0 atom stereocenters. The van der Waals surface area contributed by atoms with E-state index in [1.807, 2.05) is 0 Å². The summed E-state index contributed by atoms with van der Waals surface area (Å²) in [4.78, 5) is 0. The summed E-state index contributed by atoms with van der Waals surface area (Å²) in [5.41, 5.74) is 0. The van der Waals surface area contributed by atoms with Gasteiger partial charge in [0.15, 0.2) is 0 Å². The van der Waals surface area contributed by atoms with E-state index in [4.69, 9.17) is 0 Å². The van der Waals surface area contributed by atoms with E-state index in [2.05, 4.69) is 0 Å². The summed E-state index contributed by atoms with van der Waals surface area (Å²) in [6, 6.07) is 0. The molecule has 0 rings (SSSR count). The smallest absolute Gasteiger partial charge is 0 e. The van der Waals surface area contributed by atoms with E-state index < -0.39 is 0 Å². The van der Waals surface area contributed by atoms with Crippen molar-refractivity contribution in [2.24, 2.45) is 0 Å². The van der Waals surface area contributed by atoms with Gasteiger partial charge in [0.25, 0.3) is 0 Å². The Morgan fingerprint density at radius 1 is 0.333 bits per heavy atom. The van der Waals surface area contributed by atoms with Crippen LogP contribution < -0.4 is 0 Å². The molecule has 6 heavy (non-hydrogen) atoms. The molecule has 0 bridgehead atoms. The average Bonchev–Trinajstić information content (AvgIpc) is 0. The monoisotopic (exact) mass is 493 g/mol. The summed E-state index contributed by atoms with van der Waals surface area (Å²) in [6.07, 6.45) is 0. The van der Waals surface area contributed by atoms with Gasteiger partial charge in [0.2, 0.25) is 0 Å². The molecule has 0 unspecified atom stereocenters. The molecule has 6 heteroatoms.